The third-order valence-electron chi connectivity index (χ3n) is 3.61. The molecule has 17 heavy (non-hydrogen) atoms. The summed E-state index contributed by atoms with van der Waals surface area (Å²) in [7, 11) is 0. The van der Waals surface area contributed by atoms with E-state index in [2.05, 4.69) is 29.9 Å². The first kappa shape index (κ1) is 17.5. The molecule has 0 aromatic rings. The second-order valence-corrected chi connectivity index (χ2v) is 6.92. The van der Waals surface area contributed by atoms with Gasteiger partial charge in [0.1, 0.15) is 0 Å². The second-order valence-electron chi connectivity index (χ2n) is 5.39. The topological polar surface area (TPSA) is 0 Å². The third-order valence-corrected chi connectivity index (χ3v) is 4.92. The molecule has 0 aliphatic rings. The summed E-state index contributed by atoms with van der Waals surface area (Å²) in [6, 6.07) is 0. The van der Waals surface area contributed by atoms with Crippen LogP contribution >= 0.6 is 0 Å². The van der Waals surface area contributed by atoms with Crippen molar-refractivity contribution in [3.63, 3.8) is 0 Å². The fourth-order valence-electron chi connectivity index (χ4n) is 2.25. The molecular formula is C16H34Se. The molecule has 0 heterocycles. The zero-order chi connectivity index (χ0) is 12.8. The van der Waals surface area contributed by atoms with Gasteiger partial charge in [0, 0.05) is 0 Å². The fraction of sp³-hybridized carbons (Fsp3) is 1.00. The van der Waals surface area contributed by atoms with Crippen molar-refractivity contribution in [2.24, 2.45) is 0 Å². The maximum atomic E-state index is 2.82. The van der Waals surface area contributed by atoms with Gasteiger partial charge in [-0.15, -0.1) is 0 Å². The Hall–Kier alpha value is 0.519. The van der Waals surface area contributed by atoms with E-state index in [0.29, 0.717) is 0 Å². The van der Waals surface area contributed by atoms with Crippen molar-refractivity contribution in [3.05, 3.63) is 0 Å². The maximum absolute atomic E-state index is 2.82. The Kier molecular flexibility index (Phi) is 15.0. The summed E-state index contributed by atoms with van der Waals surface area (Å²) < 4.78 is 0. The van der Waals surface area contributed by atoms with Crippen LogP contribution in [0.1, 0.15) is 97.3 Å². The fourth-order valence-corrected chi connectivity index (χ4v) is 2.63. The Bertz CT molecular complexity index is 133. The summed E-state index contributed by atoms with van der Waals surface area (Å²) >= 11 is 2.82. The second kappa shape index (κ2) is 14.6. The predicted molar refractivity (Wildman–Crippen MR) is 82.3 cm³/mol. The molecule has 0 saturated heterocycles. The van der Waals surface area contributed by atoms with Crippen molar-refractivity contribution in [1.29, 1.82) is 0 Å². The number of rotatable bonds is 13. The van der Waals surface area contributed by atoms with Crippen molar-refractivity contribution in [3.8, 4) is 0 Å². The van der Waals surface area contributed by atoms with E-state index < -0.39 is 0 Å². The molecule has 0 aliphatic heterocycles. The Morgan fingerprint density at radius 1 is 0.647 bits per heavy atom. The van der Waals surface area contributed by atoms with E-state index in [1.165, 1.54) is 83.5 Å². The van der Waals surface area contributed by atoms with Gasteiger partial charge in [-0.25, -0.2) is 0 Å². The van der Waals surface area contributed by atoms with Crippen LogP contribution in [0.25, 0.3) is 0 Å². The van der Waals surface area contributed by atoms with E-state index in [1.807, 2.05) is 0 Å². The van der Waals surface area contributed by atoms with Crippen LogP contribution < -0.4 is 0 Å². The molecule has 0 rings (SSSR count). The Balaban J connectivity index is 2.94. The molecule has 0 aromatic carbocycles. The average Bonchev–Trinajstić information content (AvgIpc) is 2.35. The summed E-state index contributed by atoms with van der Waals surface area (Å²) in [5, 5.41) is 0. The minimum atomic E-state index is 0.890. The van der Waals surface area contributed by atoms with Gasteiger partial charge in [0.25, 0.3) is 0 Å². The van der Waals surface area contributed by atoms with Crippen molar-refractivity contribution < 1.29 is 0 Å². The molecular weight excluding hydrogens is 271 g/mol. The zero-order valence-corrected chi connectivity index (χ0v) is 14.1. The Morgan fingerprint density at radius 3 is 1.47 bits per heavy atom. The van der Waals surface area contributed by atoms with Gasteiger partial charge in [0.15, 0.2) is 0 Å². The van der Waals surface area contributed by atoms with Crippen LogP contribution in [-0.4, -0.2) is 16.0 Å². The molecule has 0 N–H and O–H groups in total. The van der Waals surface area contributed by atoms with Gasteiger partial charge in [-0.1, -0.05) is 13.3 Å². The van der Waals surface area contributed by atoms with Gasteiger partial charge in [-0.2, -0.15) is 0 Å². The number of hydrogen-bond donors (Lipinski definition) is 0. The molecule has 1 heteroatoms. The monoisotopic (exact) mass is 306 g/mol. The van der Waals surface area contributed by atoms with Crippen molar-refractivity contribution >= 4 is 16.0 Å². The van der Waals surface area contributed by atoms with E-state index in [0.717, 1.165) is 4.82 Å². The van der Waals surface area contributed by atoms with E-state index in [4.69, 9.17) is 0 Å². The van der Waals surface area contributed by atoms with Crippen LogP contribution in [0.5, 0.6) is 0 Å². The molecule has 0 bridgehead atoms. The summed E-state index contributed by atoms with van der Waals surface area (Å²) in [4.78, 5) is 0.890. The Morgan fingerprint density at radius 2 is 1.06 bits per heavy atom. The summed E-state index contributed by atoms with van der Waals surface area (Å²) in [6.07, 6.45) is 18.8. The molecule has 0 radical (unpaired) electrons. The van der Waals surface area contributed by atoms with Crippen LogP contribution in [0.2, 0.25) is 4.82 Å². The van der Waals surface area contributed by atoms with E-state index in [-0.39, 0.29) is 0 Å². The summed E-state index contributed by atoms with van der Waals surface area (Å²) in [5.41, 5.74) is 0. The normalized spacial score (nSPS) is 12.9. The van der Waals surface area contributed by atoms with Crippen LogP contribution in [0.15, 0.2) is 0 Å². The molecule has 0 aliphatic carbocycles. The van der Waals surface area contributed by atoms with Gasteiger partial charge in [-0.3, -0.25) is 0 Å². The van der Waals surface area contributed by atoms with Crippen molar-refractivity contribution in [1.82, 2.24) is 0 Å². The molecule has 1 unspecified atom stereocenters. The number of unbranched alkanes of at least 4 members (excludes halogenated alkanes) is 10. The average molecular weight is 305 g/mol. The van der Waals surface area contributed by atoms with Crippen LogP contribution in [-0.2, 0) is 0 Å². The molecule has 0 aromatic heterocycles. The van der Waals surface area contributed by atoms with Crippen molar-refractivity contribution in [2.75, 3.05) is 0 Å². The van der Waals surface area contributed by atoms with Gasteiger partial charge >= 0.3 is 105 Å². The molecule has 0 spiro atoms. The van der Waals surface area contributed by atoms with Crippen LogP contribution in [0, 0.1) is 0 Å². The zero-order valence-electron chi connectivity index (χ0n) is 12.2. The van der Waals surface area contributed by atoms with E-state index in [1.54, 1.807) is 0 Å². The van der Waals surface area contributed by atoms with Gasteiger partial charge in [0.2, 0.25) is 0 Å². The van der Waals surface area contributed by atoms with Crippen LogP contribution in [0.3, 0.4) is 0 Å². The van der Waals surface area contributed by atoms with Gasteiger partial charge in [-0.05, 0) is 0 Å². The molecule has 1 atom stereocenters. The minimum absolute atomic E-state index is 0.890. The number of hydrogen-bond acceptors (Lipinski definition) is 0. The first-order valence-electron chi connectivity index (χ1n) is 7.99. The molecule has 0 amide bonds. The summed E-state index contributed by atoms with van der Waals surface area (Å²) in [6.45, 7) is 4.58. The first-order chi connectivity index (χ1) is 8.31. The SMILES string of the molecule is CCCCCCCCCCCCCC([SeH])CC. The van der Waals surface area contributed by atoms with E-state index in [9.17, 15) is 0 Å². The molecule has 0 saturated carbocycles. The molecule has 104 valence electrons. The predicted octanol–water partition coefficient (Wildman–Crippen LogP) is 5.79. The van der Waals surface area contributed by atoms with Crippen molar-refractivity contribution in [2.45, 2.75) is 102 Å². The molecule has 0 fully saturated rings. The third kappa shape index (κ3) is 14.5. The van der Waals surface area contributed by atoms with Crippen LogP contribution in [0.4, 0.5) is 0 Å². The standard InChI is InChI=1S/C16H34Se/c1-3-5-6-7-8-9-10-11-12-13-14-15-16(17)4-2/h16-17H,3-15H2,1-2H3. The van der Waals surface area contributed by atoms with Gasteiger partial charge in [0.05, 0.1) is 0 Å². The van der Waals surface area contributed by atoms with Gasteiger partial charge < -0.3 is 0 Å². The molecule has 0 nitrogen and oxygen atoms in total. The summed E-state index contributed by atoms with van der Waals surface area (Å²) in [5.74, 6) is 0. The van der Waals surface area contributed by atoms with E-state index >= 15 is 0 Å². The Labute approximate surface area is 118 Å². The quantitative estimate of drug-likeness (QED) is 0.298. The first-order valence-corrected chi connectivity index (χ1v) is 9.07.